The monoisotopic (exact) mass is 316 g/mol. The summed E-state index contributed by atoms with van der Waals surface area (Å²) in [5.41, 5.74) is 1.82. The molecule has 1 amide bonds. The maximum atomic E-state index is 12.0. The average molecular weight is 316 g/mol. The van der Waals surface area contributed by atoms with Gasteiger partial charge in [0, 0.05) is 11.6 Å². The van der Waals surface area contributed by atoms with E-state index in [-0.39, 0.29) is 11.9 Å². The fourth-order valence-corrected chi connectivity index (χ4v) is 2.41. The summed E-state index contributed by atoms with van der Waals surface area (Å²) in [5.74, 6) is -0.249. The van der Waals surface area contributed by atoms with Crippen LogP contribution < -0.4 is 5.32 Å². The normalized spacial score (nSPS) is 16.9. The third-order valence-corrected chi connectivity index (χ3v) is 3.50. The molecule has 0 saturated carbocycles. The topological polar surface area (TPSA) is 78.3 Å². The number of rotatable bonds is 5. The van der Waals surface area contributed by atoms with E-state index in [1.807, 2.05) is 43.5 Å². The lowest BCUT2D eigenvalue weighted by Crippen LogP contribution is -2.45. The first-order chi connectivity index (χ1) is 11.2. The maximum absolute atomic E-state index is 12.0. The van der Waals surface area contributed by atoms with Crippen molar-refractivity contribution in [1.29, 1.82) is 0 Å². The van der Waals surface area contributed by atoms with E-state index in [0.29, 0.717) is 19.8 Å². The highest BCUT2D eigenvalue weighted by Crippen LogP contribution is 2.14. The Morgan fingerprint density at radius 3 is 2.83 bits per heavy atom. The Morgan fingerprint density at radius 2 is 2.09 bits per heavy atom. The van der Waals surface area contributed by atoms with Crippen LogP contribution in [0.1, 0.15) is 13.3 Å². The van der Waals surface area contributed by atoms with Crippen molar-refractivity contribution in [2.75, 3.05) is 13.2 Å². The number of amides is 1. The Morgan fingerprint density at radius 1 is 1.35 bits per heavy atom. The minimum Gasteiger partial charge on any atom is -0.347 e. The second-order valence-electron chi connectivity index (χ2n) is 5.53. The van der Waals surface area contributed by atoms with Crippen LogP contribution in [0.3, 0.4) is 0 Å². The van der Waals surface area contributed by atoms with Crippen LogP contribution in [-0.4, -0.2) is 46.4 Å². The van der Waals surface area contributed by atoms with E-state index in [2.05, 4.69) is 15.6 Å². The van der Waals surface area contributed by atoms with Gasteiger partial charge in [0.15, 0.2) is 0 Å². The highest BCUT2D eigenvalue weighted by Gasteiger charge is 2.24. The average Bonchev–Trinajstić information content (AvgIpc) is 3.04. The lowest BCUT2D eigenvalue weighted by Gasteiger charge is -2.24. The summed E-state index contributed by atoms with van der Waals surface area (Å²) in [4.78, 5) is 12.0. The second kappa shape index (κ2) is 7.34. The summed E-state index contributed by atoms with van der Waals surface area (Å²) in [6.45, 7) is 3.54. The number of carbonyl (C=O) groups excluding carboxylic acids is 1. The minimum atomic E-state index is -0.804. The van der Waals surface area contributed by atoms with Crippen LogP contribution >= 0.6 is 0 Å². The van der Waals surface area contributed by atoms with E-state index in [1.165, 1.54) is 0 Å². The Hall–Kier alpha value is -2.25. The molecule has 23 heavy (non-hydrogen) atoms. The highest BCUT2D eigenvalue weighted by molar-refractivity contribution is 5.79. The molecule has 1 aliphatic rings. The molecule has 7 heteroatoms. The smallest absolute Gasteiger partial charge is 0.277 e. The van der Waals surface area contributed by atoms with Gasteiger partial charge in [0.25, 0.3) is 5.91 Å². The lowest BCUT2D eigenvalue weighted by molar-refractivity contribution is -0.190. The number of hydrogen-bond acceptors (Lipinski definition) is 5. The van der Waals surface area contributed by atoms with Gasteiger partial charge in [-0.25, -0.2) is 4.68 Å². The van der Waals surface area contributed by atoms with Crippen molar-refractivity contribution in [3.05, 3.63) is 36.5 Å². The molecular formula is C16H20N4O3. The van der Waals surface area contributed by atoms with E-state index < -0.39 is 6.29 Å². The third kappa shape index (κ3) is 4.14. The quantitative estimate of drug-likeness (QED) is 0.897. The fourth-order valence-electron chi connectivity index (χ4n) is 2.41. The molecule has 3 rings (SSSR count). The minimum absolute atomic E-state index is 0.109. The number of nitrogens with one attached hydrogen (secondary N) is 1. The molecule has 2 aromatic rings. The number of hydrogen-bond donors (Lipinski definition) is 1. The molecule has 1 saturated heterocycles. The summed E-state index contributed by atoms with van der Waals surface area (Å²) >= 11 is 0. The summed E-state index contributed by atoms with van der Waals surface area (Å²) < 4.78 is 12.3. The molecule has 1 atom stereocenters. The molecule has 0 spiro atoms. The third-order valence-electron chi connectivity index (χ3n) is 3.50. The first-order valence-electron chi connectivity index (χ1n) is 7.71. The Balaban J connectivity index is 1.54. The zero-order valence-corrected chi connectivity index (χ0v) is 13.0. The molecular weight excluding hydrogens is 296 g/mol. The predicted octanol–water partition coefficient (Wildman–Crippen LogP) is 1.21. The zero-order chi connectivity index (χ0) is 16.1. The summed E-state index contributed by atoms with van der Waals surface area (Å²) in [5, 5.41) is 11.1. The largest absolute Gasteiger partial charge is 0.347 e. The van der Waals surface area contributed by atoms with Crippen LogP contribution in [0.5, 0.6) is 0 Å². The van der Waals surface area contributed by atoms with Gasteiger partial charge in [-0.1, -0.05) is 35.5 Å². The zero-order valence-electron chi connectivity index (χ0n) is 13.0. The van der Waals surface area contributed by atoms with E-state index in [0.717, 1.165) is 17.7 Å². The van der Waals surface area contributed by atoms with Gasteiger partial charge in [0.1, 0.15) is 5.69 Å². The second-order valence-corrected chi connectivity index (χ2v) is 5.53. The molecule has 1 N–H and O–H groups in total. The molecule has 1 aliphatic heterocycles. The molecule has 2 heterocycles. The Labute approximate surface area is 134 Å². The number of nitrogens with zero attached hydrogens (tertiary/aromatic N) is 3. The van der Waals surface area contributed by atoms with E-state index in [4.69, 9.17) is 9.47 Å². The first-order valence-corrected chi connectivity index (χ1v) is 7.71. The van der Waals surface area contributed by atoms with Gasteiger partial charge in [0.2, 0.25) is 6.29 Å². The van der Waals surface area contributed by atoms with Crippen LogP contribution in [-0.2, 0) is 20.8 Å². The molecule has 0 bridgehead atoms. The van der Waals surface area contributed by atoms with Gasteiger partial charge in [0.05, 0.1) is 26.0 Å². The number of aromatic nitrogens is 3. The van der Waals surface area contributed by atoms with E-state index in [9.17, 15) is 4.79 Å². The lowest BCUT2D eigenvalue weighted by atomic mass is 10.2. The summed E-state index contributed by atoms with van der Waals surface area (Å²) in [7, 11) is 0. The van der Waals surface area contributed by atoms with Crippen LogP contribution in [0.4, 0.5) is 0 Å². The molecule has 0 radical (unpaired) electrons. The molecule has 7 nitrogen and oxygen atoms in total. The molecule has 1 aromatic heterocycles. The Bertz CT molecular complexity index is 638. The number of benzene rings is 1. The van der Waals surface area contributed by atoms with Crippen LogP contribution in [0.2, 0.25) is 0 Å². The van der Waals surface area contributed by atoms with E-state index in [1.54, 1.807) is 4.68 Å². The molecule has 1 aromatic carbocycles. The number of carbonyl (C=O) groups is 1. The SMILES string of the molecule is C[C@H](Cn1cc(-c2ccccc2)nn1)NC(=O)C1OCCCO1. The highest BCUT2D eigenvalue weighted by atomic mass is 16.7. The van der Waals surface area contributed by atoms with Crippen LogP contribution in [0.15, 0.2) is 36.5 Å². The standard InChI is InChI=1S/C16H20N4O3/c1-12(17-15(21)16-22-8-5-9-23-16)10-20-11-14(18-19-20)13-6-3-2-4-7-13/h2-4,6-7,11-12,16H,5,8-10H2,1H3,(H,17,21)/t12-/m1/s1. The van der Waals surface area contributed by atoms with Crippen molar-refractivity contribution < 1.29 is 14.3 Å². The van der Waals surface area contributed by atoms with Crippen molar-refractivity contribution in [3.8, 4) is 11.3 Å². The predicted molar refractivity (Wildman–Crippen MR) is 83.4 cm³/mol. The fraction of sp³-hybridized carbons (Fsp3) is 0.438. The number of ether oxygens (including phenoxy) is 2. The van der Waals surface area contributed by atoms with Crippen molar-refractivity contribution >= 4 is 5.91 Å². The molecule has 0 aliphatic carbocycles. The van der Waals surface area contributed by atoms with Crippen molar-refractivity contribution in [1.82, 2.24) is 20.3 Å². The van der Waals surface area contributed by atoms with Gasteiger partial charge in [-0.3, -0.25) is 4.79 Å². The van der Waals surface area contributed by atoms with Crippen molar-refractivity contribution in [3.63, 3.8) is 0 Å². The molecule has 122 valence electrons. The first kappa shape index (κ1) is 15.6. The summed E-state index contributed by atoms with van der Waals surface area (Å²) in [6.07, 6.45) is 1.88. The van der Waals surface area contributed by atoms with Crippen molar-refractivity contribution in [2.24, 2.45) is 0 Å². The Kier molecular flexibility index (Phi) is 4.99. The van der Waals surface area contributed by atoms with Gasteiger partial charge < -0.3 is 14.8 Å². The van der Waals surface area contributed by atoms with Crippen LogP contribution in [0, 0.1) is 0 Å². The van der Waals surface area contributed by atoms with Gasteiger partial charge in [-0.15, -0.1) is 5.10 Å². The van der Waals surface area contributed by atoms with E-state index >= 15 is 0 Å². The van der Waals surface area contributed by atoms with Gasteiger partial charge in [-0.05, 0) is 13.3 Å². The molecule has 0 unspecified atom stereocenters. The van der Waals surface area contributed by atoms with Crippen LogP contribution in [0.25, 0.3) is 11.3 Å². The van der Waals surface area contributed by atoms with Crippen molar-refractivity contribution in [2.45, 2.75) is 32.2 Å². The summed E-state index contributed by atoms with van der Waals surface area (Å²) in [6, 6.07) is 9.74. The van der Waals surface area contributed by atoms with Gasteiger partial charge >= 0.3 is 0 Å². The molecule has 1 fully saturated rings. The van der Waals surface area contributed by atoms with Gasteiger partial charge in [-0.2, -0.15) is 0 Å². The maximum Gasteiger partial charge on any atom is 0.277 e.